The number of nitrogens with one attached hydrogen (secondary N) is 1. The third-order valence-electron chi connectivity index (χ3n) is 3.11. The minimum atomic E-state index is 0.475. The highest BCUT2D eigenvalue weighted by Gasteiger charge is 2.27. The molecule has 0 radical (unpaired) electrons. The summed E-state index contributed by atoms with van der Waals surface area (Å²) >= 11 is 0. The third-order valence-corrected chi connectivity index (χ3v) is 3.11. The summed E-state index contributed by atoms with van der Waals surface area (Å²) in [4.78, 5) is 2.59. The first kappa shape index (κ1) is 9.44. The van der Waals surface area contributed by atoms with E-state index in [-0.39, 0.29) is 0 Å². The van der Waals surface area contributed by atoms with Crippen LogP contribution in [0.2, 0.25) is 0 Å². The Morgan fingerprint density at radius 3 is 2.92 bits per heavy atom. The zero-order valence-corrected chi connectivity index (χ0v) is 8.46. The van der Waals surface area contributed by atoms with Gasteiger partial charge < -0.3 is 10.1 Å². The Morgan fingerprint density at radius 1 is 1.46 bits per heavy atom. The molecule has 1 unspecified atom stereocenters. The molecule has 3 nitrogen and oxygen atoms in total. The van der Waals surface area contributed by atoms with E-state index in [0.29, 0.717) is 6.10 Å². The van der Waals surface area contributed by atoms with Crippen LogP contribution in [0.5, 0.6) is 0 Å². The lowest BCUT2D eigenvalue weighted by Gasteiger charge is -2.38. The van der Waals surface area contributed by atoms with Crippen LogP contribution in [0.1, 0.15) is 19.8 Å². The van der Waals surface area contributed by atoms with Gasteiger partial charge in [0.25, 0.3) is 0 Å². The summed E-state index contributed by atoms with van der Waals surface area (Å²) in [6, 6.07) is 0.788. The van der Waals surface area contributed by atoms with Crippen LogP contribution in [-0.2, 0) is 4.74 Å². The van der Waals surface area contributed by atoms with Crippen molar-refractivity contribution >= 4 is 0 Å². The molecular formula is C10H20N2O. The van der Waals surface area contributed by atoms with E-state index in [0.717, 1.165) is 25.6 Å². The highest BCUT2D eigenvalue weighted by atomic mass is 16.5. The molecule has 0 spiro atoms. The number of hydrogen-bond donors (Lipinski definition) is 1. The predicted molar refractivity (Wildman–Crippen MR) is 52.9 cm³/mol. The summed E-state index contributed by atoms with van der Waals surface area (Å²) in [5, 5.41) is 3.33. The Balaban J connectivity index is 1.85. The summed E-state index contributed by atoms with van der Waals surface area (Å²) in [6.45, 7) is 7.89. The van der Waals surface area contributed by atoms with Crippen molar-refractivity contribution in [3.63, 3.8) is 0 Å². The maximum absolute atomic E-state index is 5.74. The fourth-order valence-corrected chi connectivity index (χ4v) is 2.03. The molecule has 2 heterocycles. The van der Waals surface area contributed by atoms with E-state index in [4.69, 9.17) is 4.74 Å². The lowest BCUT2D eigenvalue weighted by atomic mass is 10.1. The molecule has 2 aliphatic heterocycles. The lowest BCUT2D eigenvalue weighted by Crippen LogP contribution is -2.58. The van der Waals surface area contributed by atoms with Gasteiger partial charge in [-0.05, 0) is 12.8 Å². The van der Waals surface area contributed by atoms with Crippen molar-refractivity contribution in [2.45, 2.75) is 31.9 Å². The molecule has 76 valence electrons. The predicted octanol–water partition coefficient (Wildman–Crippen LogP) is 0.459. The van der Waals surface area contributed by atoms with Gasteiger partial charge in [-0.3, -0.25) is 4.90 Å². The lowest BCUT2D eigenvalue weighted by molar-refractivity contribution is 0.0400. The molecular weight excluding hydrogens is 164 g/mol. The van der Waals surface area contributed by atoms with Crippen molar-refractivity contribution in [2.75, 3.05) is 32.8 Å². The molecule has 1 atom stereocenters. The van der Waals surface area contributed by atoms with Crippen LogP contribution in [0.15, 0.2) is 0 Å². The maximum Gasteiger partial charge on any atom is 0.0699 e. The fourth-order valence-electron chi connectivity index (χ4n) is 2.03. The molecule has 2 aliphatic rings. The second-order valence-corrected chi connectivity index (χ2v) is 4.06. The average Bonchev–Trinajstić information content (AvgIpc) is 2.27. The first-order valence-electron chi connectivity index (χ1n) is 5.46. The molecule has 0 saturated carbocycles. The molecule has 0 bridgehead atoms. The monoisotopic (exact) mass is 184 g/mol. The van der Waals surface area contributed by atoms with Crippen molar-refractivity contribution in [1.82, 2.24) is 10.2 Å². The maximum atomic E-state index is 5.74. The zero-order valence-electron chi connectivity index (χ0n) is 8.46. The number of ether oxygens (including phenoxy) is 1. The van der Waals surface area contributed by atoms with Crippen molar-refractivity contribution in [3.8, 4) is 0 Å². The van der Waals surface area contributed by atoms with Crippen LogP contribution in [0, 0.1) is 0 Å². The standard InChI is InChI=1S/C10H20N2O/c1-2-10-8-12(4-3-5-13-10)9-6-11-7-9/h9-11H,2-8H2,1H3. The highest BCUT2D eigenvalue weighted by molar-refractivity contribution is 4.86. The molecule has 2 rings (SSSR count). The molecule has 0 aromatic rings. The summed E-state index contributed by atoms with van der Waals surface area (Å²) < 4.78 is 5.74. The zero-order chi connectivity index (χ0) is 9.10. The van der Waals surface area contributed by atoms with E-state index < -0.39 is 0 Å². The Bertz CT molecular complexity index is 159. The topological polar surface area (TPSA) is 24.5 Å². The minimum Gasteiger partial charge on any atom is -0.377 e. The largest absolute Gasteiger partial charge is 0.377 e. The van der Waals surface area contributed by atoms with Crippen LogP contribution >= 0.6 is 0 Å². The molecule has 0 amide bonds. The van der Waals surface area contributed by atoms with E-state index in [9.17, 15) is 0 Å². The number of rotatable bonds is 2. The molecule has 2 fully saturated rings. The smallest absolute Gasteiger partial charge is 0.0699 e. The van der Waals surface area contributed by atoms with Crippen LogP contribution in [0.3, 0.4) is 0 Å². The van der Waals surface area contributed by atoms with Crippen molar-refractivity contribution in [2.24, 2.45) is 0 Å². The van der Waals surface area contributed by atoms with E-state index >= 15 is 0 Å². The van der Waals surface area contributed by atoms with Crippen molar-refractivity contribution < 1.29 is 4.74 Å². The van der Waals surface area contributed by atoms with Gasteiger partial charge in [-0.25, -0.2) is 0 Å². The molecule has 0 aromatic carbocycles. The van der Waals surface area contributed by atoms with E-state index in [1.165, 1.54) is 26.1 Å². The highest BCUT2D eigenvalue weighted by Crippen LogP contribution is 2.13. The Labute approximate surface area is 80.4 Å². The second kappa shape index (κ2) is 4.40. The second-order valence-electron chi connectivity index (χ2n) is 4.06. The Hall–Kier alpha value is -0.120. The SMILES string of the molecule is CCC1CN(C2CNC2)CCCO1. The first-order valence-corrected chi connectivity index (χ1v) is 5.46. The summed E-state index contributed by atoms with van der Waals surface area (Å²) in [5.41, 5.74) is 0. The van der Waals surface area contributed by atoms with Gasteiger partial charge in [0, 0.05) is 38.8 Å². The molecule has 3 heteroatoms. The molecule has 2 saturated heterocycles. The van der Waals surface area contributed by atoms with Crippen molar-refractivity contribution in [1.29, 1.82) is 0 Å². The minimum absolute atomic E-state index is 0.475. The summed E-state index contributed by atoms with van der Waals surface area (Å²) in [6.07, 6.45) is 2.83. The first-order chi connectivity index (χ1) is 6.40. The average molecular weight is 184 g/mol. The van der Waals surface area contributed by atoms with Gasteiger partial charge in [0.1, 0.15) is 0 Å². The van der Waals surface area contributed by atoms with Gasteiger partial charge in [-0.2, -0.15) is 0 Å². The molecule has 1 N–H and O–H groups in total. The van der Waals surface area contributed by atoms with Crippen LogP contribution < -0.4 is 5.32 Å². The molecule has 13 heavy (non-hydrogen) atoms. The normalized spacial score (nSPS) is 32.5. The number of hydrogen-bond acceptors (Lipinski definition) is 3. The van der Waals surface area contributed by atoms with Crippen LogP contribution in [0.25, 0.3) is 0 Å². The van der Waals surface area contributed by atoms with Gasteiger partial charge in [0.15, 0.2) is 0 Å². The van der Waals surface area contributed by atoms with E-state index in [2.05, 4.69) is 17.1 Å². The van der Waals surface area contributed by atoms with Gasteiger partial charge in [-0.15, -0.1) is 0 Å². The van der Waals surface area contributed by atoms with Crippen LogP contribution in [0.4, 0.5) is 0 Å². The molecule has 0 aromatic heterocycles. The van der Waals surface area contributed by atoms with Gasteiger partial charge in [0.2, 0.25) is 0 Å². The van der Waals surface area contributed by atoms with Crippen molar-refractivity contribution in [3.05, 3.63) is 0 Å². The van der Waals surface area contributed by atoms with Gasteiger partial charge in [0.05, 0.1) is 6.10 Å². The van der Waals surface area contributed by atoms with E-state index in [1.54, 1.807) is 0 Å². The Morgan fingerprint density at radius 2 is 2.31 bits per heavy atom. The quantitative estimate of drug-likeness (QED) is 0.675. The van der Waals surface area contributed by atoms with Crippen LogP contribution in [-0.4, -0.2) is 49.8 Å². The third kappa shape index (κ3) is 2.22. The van der Waals surface area contributed by atoms with Gasteiger partial charge >= 0.3 is 0 Å². The fraction of sp³-hybridized carbons (Fsp3) is 1.00. The summed E-state index contributed by atoms with van der Waals surface area (Å²) in [5.74, 6) is 0. The number of nitrogens with zero attached hydrogens (tertiary/aromatic N) is 1. The Kier molecular flexibility index (Phi) is 3.19. The van der Waals surface area contributed by atoms with E-state index in [1.807, 2.05) is 0 Å². The summed E-state index contributed by atoms with van der Waals surface area (Å²) in [7, 11) is 0. The molecule has 0 aliphatic carbocycles. The van der Waals surface area contributed by atoms with Gasteiger partial charge in [-0.1, -0.05) is 6.92 Å².